The Labute approximate surface area is 131 Å². The van der Waals surface area contributed by atoms with Gasteiger partial charge in [0, 0.05) is 0 Å². The van der Waals surface area contributed by atoms with Crippen molar-refractivity contribution in [1.82, 2.24) is 9.59 Å². The van der Waals surface area contributed by atoms with Gasteiger partial charge in [0.15, 0.2) is 11.5 Å². The molecule has 2 aromatic carbocycles. The molecule has 0 spiro atoms. The summed E-state index contributed by atoms with van der Waals surface area (Å²) in [6.45, 7) is 0. The molecule has 0 aliphatic carbocycles. The summed E-state index contributed by atoms with van der Waals surface area (Å²) in [5, 5.41) is 17.7. The quantitative estimate of drug-likeness (QED) is 0.735. The maximum atomic E-state index is 11.1. The first-order valence-corrected chi connectivity index (χ1v) is 8.31. The molecule has 7 nitrogen and oxygen atoms in total. The summed E-state index contributed by atoms with van der Waals surface area (Å²) in [4.78, 5) is 0.0266. The zero-order valence-electron chi connectivity index (χ0n) is 11.5. The molecule has 0 aliphatic rings. The van der Waals surface area contributed by atoms with E-state index in [0.717, 1.165) is 11.5 Å². The number of hydrogen-bond donors (Lipinski definition) is 2. The summed E-state index contributed by atoms with van der Waals surface area (Å²) in [6.07, 6.45) is 0. The number of aromatic nitrogens is 2. The number of phenolic OH excluding ortho intramolecular Hbond substituents is 1. The highest BCUT2D eigenvalue weighted by Crippen LogP contribution is 2.23. The number of primary sulfonamides is 1. The second-order valence-corrected chi connectivity index (χ2v) is 6.41. The zero-order valence-corrected chi connectivity index (χ0v) is 13.1. The zero-order chi connectivity index (χ0) is 16.2. The van der Waals surface area contributed by atoms with Crippen LogP contribution in [0.1, 0.15) is 0 Å². The fourth-order valence-electron chi connectivity index (χ4n) is 1.64. The fraction of sp³-hybridized carbons (Fsp3) is 0.0769. The van der Waals surface area contributed by atoms with E-state index in [9.17, 15) is 8.42 Å². The normalized spacial score (nSPS) is 10.8. The molecule has 9 heteroatoms. The van der Waals surface area contributed by atoms with E-state index in [1.807, 2.05) is 0 Å². The van der Waals surface area contributed by atoms with Crippen molar-refractivity contribution in [2.45, 2.75) is 4.90 Å². The van der Waals surface area contributed by atoms with Crippen LogP contribution in [0.5, 0.6) is 11.5 Å². The number of methoxy groups -OCH3 is 1. The number of benzene rings is 2. The molecule has 1 aromatic heterocycles. The Balaban J connectivity index is 0.000000172. The SMILES string of the molecule is COc1ccccc1O.NS(=O)(=O)c1cccc2snnc12. The van der Waals surface area contributed by atoms with E-state index in [1.54, 1.807) is 36.4 Å². The summed E-state index contributed by atoms with van der Waals surface area (Å²) in [7, 11) is -2.17. The molecule has 1 heterocycles. The van der Waals surface area contributed by atoms with E-state index in [1.165, 1.54) is 13.2 Å². The summed E-state index contributed by atoms with van der Waals surface area (Å²) >= 11 is 1.14. The number of nitrogens with two attached hydrogens (primary N) is 1. The van der Waals surface area contributed by atoms with Gasteiger partial charge in [0.25, 0.3) is 0 Å². The first kappa shape index (κ1) is 16.1. The van der Waals surface area contributed by atoms with Crippen LogP contribution in [-0.2, 0) is 10.0 Å². The van der Waals surface area contributed by atoms with Crippen molar-refractivity contribution in [1.29, 1.82) is 0 Å². The van der Waals surface area contributed by atoms with Crippen LogP contribution in [-0.4, -0.2) is 30.2 Å². The number of fused-ring (bicyclic) bond motifs is 1. The Bertz CT molecular complexity index is 878. The van der Waals surface area contributed by atoms with Gasteiger partial charge in [-0.3, -0.25) is 0 Å². The summed E-state index contributed by atoms with van der Waals surface area (Å²) in [6, 6.07) is 11.6. The maximum Gasteiger partial charge on any atom is 0.240 e. The van der Waals surface area contributed by atoms with Gasteiger partial charge in [-0.05, 0) is 35.8 Å². The van der Waals surface area contributed by atoms with Gasteiger partial charge in [-0.15, -0.1) is 5.10 Å². The lowest BCUT2D eigenvalue weighted by Gasteiger charge is -1.99. The van der Waals surface area contributed by atoms with E-state index < -0.39 is 10.0 Å². The van der Waals surface area contributed by atoms with Gasteiger partial charge in [-0.1, -0.05) is 22.7 Å². The van der Waals surface area contributed by atoms with E-state index in [2.05, 4.69) is 9.59 Å². The van der Waals surface area contributed by atoms with Crippen molar-refractivity contribution in [2.24, 2.45) is 5.14 Å². The average molecular weight is 339 g/mol. The van der Waals surface area contributed by atoms with Gasteiger partial charge < -0.3 is 9.84 Å². The Morgan fingerprint density at radius 1 is 1.18 bits per heavy atom. The third-order valence-electron chi connectivity index (χ3n) is 2.63. The Hall–Kier alpha value is -2.23. The fourth-order valence-corrected chi connectivity index (χ4v) is 2.98. The predicted molar refractivity (Wildman–Crippen MR) is 83.4 cm³/mol. The molecule has 22 heavy (non-hydrogen) atoms. The number of ether oxygens (including phenoxy) is 1. The molecule has 0 bridgehead atoms. The molecule has 0 fully saturated rings. The van der Waals surface area contributed by atoms with Crippen molar-refractivity contribution in [3.63, 3.8) is 0 Å². The van der Waals surface area contributed by atoms with Crippen molar-refractivity contribution in [2.75, 3.05) is 7.11 Å². The predicted octanol–water partition coefficient (Wildman–Crippen LogP) is 1.74. The van der Waals surface area contributed by atoms with Gasteiger partial charge in [-0.2, -0.15) is 0 Å². The molecule has 116 valence electrons. The topological polar surface area (TPSA) is 115 Å². The number of para-hydroxylation sites is 2. The summed E-state index contributed by atoms with van der Waals surface area (Å²) < 4.78 is 31.3. The highest BCUT2D eigenvalue weighted by atomic mass is 32.2. The van der Waals surface area contributed by atoms with E-state index in [4.69, 9.17) is 15.0 Å². The van der Waals surface area contributed by atoms with Crippen LogP contribution in [0.2, 0.25) is 0 Å². The molecular formula is C13H13N3O4S2. The summed E-state index contributed by atoms with van der Waals surface area (Å²) in [5.41, 5.74) is 0.343. The molecule has 0 aliphatic heterocycles. The van der Waals surface area contributed by atoms with Crippen molar-refractivity contribution >= 4 is 31.8 Å². The molecule has 0 saturated carbocycles. The lowest BCUT2D eigenvalue weighted by molar-refractivity contribution is 0.373. The minimum absolute atomic E-state index is 0.0266. The maximum absolute atomic E-state index is 11.1. The lowest BCUT2D eigenvalue weighted by Crippen LogP contribution is -2.12. The van der Waals surface area contributed by atoms with Crippen LogP contribution in [0.4, 0.5) is 0 Å². The second kappa shape index (κ2) is 6.69. The van der Waals surface area contributed by atoms with E-state index >= 15 is 0 Å². The van der Waals surface area contributed by atoms with Crippen molar-refractivity contribution in [3.05, 3.63) is 42.5 Å². The largest absolute Gasteiger partial charge is 0.504 e. The standard InChI is InChI=1S/C7H8O2.C6H5N3O2S2/c1-9-7-5-3-2-4-6(7)8;7-13(10,11)5-3-1-2-4-6(5)8-9-12-4/h2-5,8H,1H3;1-3H,(H2,7,10,11). The molecule has 3 N–H and O–H groups in total. The third-order valence-corrected chi connectivity index (χ3v) is 4.27. The van der Waals surface area contributed by atoms with E-state index in [-0.39, 0.29) is 10.6 Å². The highest BCUT2D eigenvalue weighted by molar-refractivity contribution is 7.89. The van der Waals surface area contributed by atoms with Gasteiger partial charge >= 0.3 is 0 Å². The first-order valence-electron chi connectivity index (χ1n) is 5.99. The van der Waals surface area contributed by atoms with Crippen LogP contribution in [0.15, 0.2) is 47.4 Å². The Morgan fingerprint density at radius 3 is 2.50 bits per heavy atom. The number of nitrogens with zero attached hydrogens (tertiary/aromatic N) is 2. The van der Waals surface area contributed by atoms with Gasteiger partial charge in [0.1, 0.15) is 10.4 Å². The summed E-state index contributed by atoms with van der Waals surface area (Å²) in [5.74, 6) is 0.692. The number of hydrogen-bond acceptors (Lipinski definition) is 7. The van der Waals surface area contributed by atoms with Gasteiger partial charge in [-0.25, -0.2) is 13.6 Å². The number of sulfonamides is 1. The van der Waals surface area contributed by atoms with Crippen molar-refractivity contribution in [3.8, 4) is 11.5 Å². The Morgan fingerprint density at radius 2 is 1.91 bits per heavy atom. The molecular weight excluding hydrogens is 326 g/mol. The van der Waals surface area contributed by atoms with Gasteiger partial charge in [0.05, 0.1) is 11.8 Å². The number of aromatic hydroxyl groups is 1. The third kappa shape index (κ3) is 3.70. The highest BCUT2D eigenvalue weighted by Gasteiger charge is 2.14. The smallest absolute Gasteiger partial charge is 0.240 e. The van der Waals surface area contributed by atoms with Crippen LogP contribution in [0, 0.1) is 0 Å². The van der Waals surface area contributed by atoms with Crippen LogP contribution < -0.4 is 9.88 Å². The Kier molecular flexibility index (Phi) is 4.91. The molecule has 3 aromatic rings. The first-order chi connectivity index (χ1) is 10.4. The number of rotatable bonds is 2. The second-order valence-electron chi connectivity index (χ2n) is 4.09. The minimum Gasteiger partial charge on any atom is -0.504 e. The number of phenols is 1. The average Bonchev–Trinajstić information content (AvgIpc) is 2.95. The van der Waals surface area contributed by atoms with Crippen LogP contribution in [0.3, 0.4) is 0 Å². The van der Waals surface area contributed by atoms with Crippen molar-refractivity contribution < 1.29 is 18.3 Å². The van der Waals surface area contributed by atoms with E-state index in [0.29, 0.717) is 16.0 Å². The molecule has 0 unspecified atom stereocenters. The van der Waals surface area contributed by atoms with Crippen LogP contribution >= 0.6 is 11.5 Å². The molecule has 0 saturated heterocycles. The molecule has 0 atom stereocenters. The molecule has 0 radical (unpaired) electrons. The molecule has 3 rings (SSSR count). The van der Waals surface area contributed by atoms with Gasteiger partial charge in [0.2, 0.25) is 10.0 Å². The van der Waals surface area contributed by atoms with Crippen LogP contribution in [0.25, 0.3) is 10.2 Å². The minimum atomic E-state index is -3.70. The molecule has 0 amide bonds. The monoisotopic (exact) mass is 339 g/mol. The lowest BCUT2D eigenvalue weighted by atomic mass is 10.3.